The number of nitrogens with zero attached hydrogens (tertiary/aromatic N) is 1. The maximum atomic E-state index is 9.46. The van der Waals surface area contributed by atoms with Crippen LogP contribution in [0.25, 0.3) is 0 Å². The van der Waals surface area contributed by atoms with Crippen LogP contribution in [-0.2, 0) is 6.54 Å². The molecule has 0 saturated carbocycles. The van der Waals surface area contributed by atoms with Gasteiger partial charge in [0.2, 0.25) is 0 Å². The molecule has 0 aliphatic carbocycles. The van der Waals surface area contributed by atoms with E-state index >= 15 is 0 Å². The Bertz CT molecular complexity index is 316. The van der Waals surface area contributed by atoms with E-state index in [-0.39, 0.29) is 13.2 Å². The third-order valence-corrected chi connectivity index (χ3v) is 3.47. The molecule has 1 aromatic heterocycles. The van der Waals surface area contributed by atoms with Gasteiger partial charge in [0.15, 0.2) is 0 Å². The largest absolute Gasteiger partial charge is 0.396 e. The van der Waals surface area contributed by atoms with Crippen LogP contribution in [0.1, 0.15) is 16.2 Å². The highest BCUT2D eigenvalue weighted by Crippen LogP contribution is 2.17. The molecule has 3 N–H and O–H groups in total. The van der Waals surface area contributed by atoms with Crippen LogP contribution >= 0.6 is 11.3 Å². The van der Waals surface area contributed by atoms with Gasteiger partial charge < -0.3 is 15.3 Å². The molecule has 0 bridgehead atoms. The molecule has 1 heterocycles. The van der Waals surface area contributed by atoms with Gasteiger partial charge in [-0.25, -0.2) is 0 Å². The zero-order chi connectivity index (χ0) is 12.7. The summed E-state index contributed by atoms with van der Waals surface area (Å²) in [4.78, 5) is 4.57. The average Bonchev–Trinajstić information content (AvgIpc) is 2.71. The third-order valence-electron chi connectivity index (χ3n) is 2.49. The number of aliphatic hydroxyl groups excluding tert-OH is 3. The van der Waals surface area contributed by atoms with Gasteiger partial charge in [-0.3, -0.25) is 4.90 Å². The van der Waals surface area contributed by atoms with Gasteiger partial charge in [-0.2, -0.15) is 0 Å². The van der Waals surface area contributed by atoms with Gasteiger partial charge in [0.05, 0.1) is 12.7 Å². The number of thiophene rings is 1. The molecule has 17 heavy (non-hydrogen) atoms. The van der Waals surface area contributed by atoms with E-state index in [1.165, 1.54) is 9.75 Å². The van der Waals surface area contributed by atoms with Crippen LogP contribution in [0.4, 0.5) is 0 Å². The Kier molecular flexibility index (Phi) is 6.69. The molecule has 0 aliphatic heterocycles. The van der Waals surface area contributed by atoms with Crippen LogP contribution in [-0.4, -0.2) is 52.6 Å². The van der Waals surface area contributed by atoms with Crippen molar-refractivity contribution in [2.75, 3.05) is 26.3 Å². The highest BCUT2D eigenvalue weighted by atomic mass is 32.1. The van der Waals surface area contributed by atoms with Gasteiger partial charge >= 0.3 is 0 Å². The summed E-state index contributed by atoms with van der Waals surface area (Å²) in [7, 11) is 0. The number of hydrogen-bond acceptors (Lipinski definition) is 5. The second-order valence-electron chi connectivity index (χ2n) is 4.16. The lowest BCUT2D eigenvalue weighted by Gasteiger charge is -2.23. The normalized spacial score (nSPS) is 13.2. The zero-order valence-electron chi connectivity index (χ0n) is 10.2. The summed E-state index contributed by atoms with van der Waals surface area (Å²) < 4.78 is 0. The minimum Gasteiger partial charge on any atom is -0.396 e. The van der Waals surface area contributed by atoms with Crippen molar-refractivity contribution in [3.63, 3.8) is 0 Å². The Morgan fingerprint density at radius 3 is 2.65 bits per heavy atom. The molecule has 5 heteroatoms. The molecule has 98 valence electrons. The molecular weight excluding hydrogens is 238 g/mol. The smallest absolute Gasteiger partial charge is 0.0897 e. The minimum absolute atomic E-state index is 0.148. The van der Waals surface area contributed by atoms with Crippen molar-refractivity contribution >= 4 is 11.3 Å². The van der Waals surface area contributed by atoms with Crippen LogP contribution in [0.5, 0.6) is 0 Å². The van der Waals surface area contributed by atoms with E-state index in [1.54, 1.807) is 11.3 Å². The lowest BCUT2D eigenvalue weighted by molar-refractivity contribution is 0.0550. The third kappa shape index (κ3) is 5.61. The van der Waals surface area contributed by atoms with Gasteiger partial charge in [0, 0.05) is 36.0 Å². The Morgan fingerprint density at radius 1 is 1.35 bits per heavy atom. The van der Waals surface area contributed by atoms with E-state index < -0.39 is 6.10 Å². The fourth-order valence-electron chi connectivity index (χ4n) is 1.68. The monoisotopic (exact) mass is 259 g/mol. The SMILES string of the molecule is Cc1ccc(CN(CCCO)C[C@H](O)CO)s1. The molecule has 0 aliphatic rings. The Balaban J connectivity index is 2.50. The quantitative estimate of drug-likeness (QED) is 0.639. The second kappa shape index (κ2) is 7.79. The fraction of sp³-hybridized carbons (Fsp3) is 0.667. The van der Waals surface area contributed by atoms with Crippen molar-refractivity contribution < 1.29 is 15.3 Å². The maximum absolute atomic E-state index is 9.46. The van der Waals surface area contributed by atoms with Crippen molar-refractivity contribution in [2.24, 2.45) is 0 Å². The summed E-state index contributed by atoms with van der Waals surface area (Å²) >= 11 is 1.74. The van der Waals surface area contributed by atoms with Crippen LogP contribution in [0.3, 0.4) is 0 Å². The van der Waals surface area contributed by atoms with Crippen molar-refractivity contribution in [2.45, 2.75) is 26.0 Å². The first-order valence-corrected chi connectivity index (χ1v) is 6.64. The molecule has 0 aromatic carbocycles. The Hall–Kier alpha value is -0.460. The lowest BCUT2D eigenvalue weighted by atomic mass is 10.3. The molecule has 1 aromatic rings. The molecule has 0 spiro atoms. The van der Waals surface area contributed by atoms with Crippen molar-refractivity contribution in [1.29, 1.82) is 0 Å². The van der Waals surface area contributed by atoms with Gasteiger partial charge in [-0.1, -0.05) is 0 Å². The first-order chi connectivity index (χ1) is 8.15. The van der Waals surface area contributed by atoms with Crippen LogP contribution in [0.2, 0.25) is 0 Å². The van der Waals surface area contributed by atoms with Crippen molar-refractivity contribution in [3.05, 3.63) is 21.9 Å². The Morgan fingerprint density at radius 2 is 2.12 bits per heavy atom. The predicted octanol–water partition coefficient (Wildman–Crippen LogP) is 0.594. The standard InChI is InChI=1S/C12H21NO3S/c1-10-3-4-12(17-10)8-13(5-2-6-14)7-11(16)9-15/h3-4,11,14-16H,2,5-9H2,1H3/t11-/m0/s1. The van der Waals surface area contributed by atoms with Crippen LogP contribution < -0.4 is 0 Å². The van der Waals surface area contributed by atoms with E-state index in [4.69, 9.17) is 10.2 Å². The summed E-state index contributed by atoms with van der Waals surface area (Å²) in [5.74, 6) is 0. The van der Waals surface area contributed by atoms with Gasteiger partial charge in [-0.15, -0.1) is 11.3 Å². The molecular formula is C12H21NO3S. The number of hydrogen-bond donors (Lipinski definition) is 3. The summed E-state index contributed by atoms with van der Waals surface area (Å²) in [5, 5.41) is 27.2. The summed E-state index contributed by atoms with van der Waals surface area (Å²) in [6.45, 7) is 3.91. The van der Waals surface area contributed by atoms with Gasteiger partial charge in [0.25, 0.3) is 0 Å². The predicted molar refractivity (Wildman–Crippen MR) is 69.1 cm³/mol. The van der Waals surface area contributed by atoms with Crippen molar-refractivity contribution in [1.82, 2.24) is 4.90 Å². The van der Waals surface area contributed by atoms with Crippen LogP contribution in [0, 0.1) is 6.92 Å². The topological polar surface area (TPSA) is 63.9 Å². The zero-order valence-corrected chi connectivity index (χ0v) is 11.0. The van der Waals surface area contributed by atoms with E-state index in [1.807, 2.05) is 0 Å². The minimum atomic E-state index is -0.713. The summed E-state index contributed by atoms with van der Waals surface area (Å²) in [5.41, 5.74) is 0. The first-order valence-electron chi connectivity index (χ1n) is 5.83. The molecule has 0 saturated heterocycles. The molecule has 4 nitrogen and oxygen atoms in total. The summed E-state index contributed by atoms with van der Waals surface area (Å²) in [6.07, 6.45) is -0.0302. The molecule has 0 fully saturated rings. The molecule has 1 atom stereocenters. The highest BCUT2D eigenvalue weighted by molar-refractivity contribution is 7.11. The fourth-order valence-corrected chi connectivity index (χ4v) is 2.61. The van der Waals surface area contributed by atoms with E-state index in [2.05, 4.69) is 24.0 Å². The molecule has 0 amide bonds. The maximum Gasteiger partial charge on any atom is 0.0897 e. The van der Waals surface area contributed by atoms with E-state index in [0.29, 0.717) is 13.0 Å². The molecule has 1 rings (SSSR count). The summed E-state index contributed by atoms with van der Waals surface area (Å²) in [6, 6.07) is 4.16. The average molecular weight is 259 g/mol. The lowest BCUT2D eigenvalue weighted by Crippen LogP contribution is -2.34. The van der Waals surface area contributed by atoms with Gasteiger partial charge in [-0.05, 0) is 25.5 Å². The highest BCUT2D eigenvalue weighted by Gasteiger charge is 2.12. The van der Waals surface area contributed by atoms with Crippen molar-refractivity contribution in [3.8, 4) is 0 Å². The van der Waals surface area contributed by atoms with E-state index in [9.17, 15) is 5.11 Å². The van der Waals surface area contributed by atoms with E-state index in [0.717, 1.165) is 13.1 Å². The van der Waals surface area contributed by atoms with Gasteiger partial charge in [0.1, 0.15) is 0 Å². The first kappa shape index (κ1) is 14.6. The molecule has 0 radical (unpaired) electrons. The Labute approximate surface area is 106 Å². The molecule has 0 unspecified atom stereocenters. The number of aliphatic hydroxyl groups is 3. The second-order valence-corrected chi connectivity index (χ2v) is 5.53. The number of aryl methyl sites for hydroxylation is 1. The number of rotatable bonds is 8. The van der Waals surface area contributed by atoms with Crippen LogP contribution in [0.15, 0.2) is 12.1 Å².